The van der Waals surface area contributed by atoms with E-state index in [1.807, 2.05) is 5.32 Å². The van der Waals surface area contributed by atoms with Crippen molar-refractivity contribution in [3.63, 3.8) is 0 Å². The smallest absolute Gasteiger partial charge is 0.324 e. The van der Waals surface area contributed by atoms with Crippen molar-refractivity contribution in [2.45, 2.75) is 32.2 Å². The molecule has 0 spiro atoms. The molecule has 1 aliphatic heterocycles. The van der Waals surface area contributed by atoms with Gasteiger partial charge in [0.05, 0.1) is 0 Å². The Bertz CT molecular complexity index is 398. The number of nitrogens with one attached hydrogen (secondary N) is 2. The topological polar surface area (TPSA) is 95.5 Å². The number of aliphatic carboxylic acids is 1. The molecule has 2 atom stereocenters. The van der Waals surface area contributed by atoms with E-state index in [9.17, 15) is 23.2 Å². The fourth-order valence-electron chi connectivity index (χ4n) is 1.87. The van der Waals surface area contributed by atoms with Gasteiger partial charge in [0.2, 0.25) is 5.91 Å². The molecular weight excluding hydrogens is 262 g/mol. The van der Waals surface area contributed by atoms with Crippen LogP contribution < -0.4 is 10.6 Å². The lowest BCUT2D eigenvalue weighted by Crippen LogP contribution is -2.51. The Kier molecular flexibility index (Phi) is 4.43. The highest BCUT2D eigenvalue weighted by Gasteiger charge is 2.46. The highest BCUT2D eigenvalue weighted by molar-refractivity contribution is 5.95. The zero-order valence-electron chi connectivity index (χ0n) is 10.6. The number of rotatable bonds is 5. The predicted molar refractivity (Wildman–Crippen MR) is 60.5 cm³/mol. The summed E-state index contributed by atoms with van der Waals surface area (Å²) in [6.07, 6.45) is -0.662. The number of hydrogen-bond acceptors (Lipinski definition) is 3. The Morgan fingerprint density at radius 2 is 2.11 bits per heavy atom. The van der Waals surface area contributed by atoms with Gasteiger partial charge in [0, 0.05) is 13.0 Å². The van der Waals surface area contributed by atoms with Crippen molar-refractivity contribution >= 4 is 17.8 Å². The number of carbonyl (C=O) groups is 3. The van der Waals surface area contributed by atoms with Crippen LogP contribution in [0.3, 0.4) is 0 Å². The monoisotopic (exact) mass is 278 g/mol. The van der Waals surface area contributed by atoms with E-state index in [0.717, 1.165) is 0 Å². The van der Waals surface area contributed by atoms with Gasteiger partial charge in [0.1, 0.15) is 12.0 Å². The Morgan fingerprint density at radius 3 is 2.58 bits per heavy atom. The molecule has 8 heteroatoms. The third kappa shape index (κ3) is 3.62. The first kappa shape index (κ1) is 15.3. The van der Waals surface area contributed by atoms with Crippen molar-refractivity contribution in [1.29, 1.82) is 0 Å². The minimum atomic E-state index is -3.62. The van der Waals surface area contributed by atoms with Gasteiger partial charge in [-0.1, -0.05) is 13.8 Å². The standard InChI is InChI=1S/C11H16F2N2O4/c1-5(2)3-11(12,13)10(19)15-7-6(9(17)18)4-14-8(7)16/h5-7H,3-4H2,1-2H3,(H,14,16)(H,15,19)(H,17,18)/t6-,7+/m0/s1. The largest absolute Gasteiger partial charge is 0.481 e. The van der Waals surface area contributed by atoms with Gasteiger partial charge >= 0.3 is 11.9 Å². The van der Waals surface area contributed by atoms with Crippen LogP contribution in [0.1, 0.15) is 20.3 Å². The van der Waals surface area contributed by atoms with Gasteiger partial charge in [-0.15, -0.1) is 0 Å². The van der Waals surface area contributed by atoms with Gasteiger partial charge in [-0.25, -0.2) is 0 Å². The van der Waals surface area contributed by atoms with Gasteiger partial charge < -0.3 is 15.7 Å². The minimum Gasteiger partial charge on any atom is -0.481 e. The highest BCUT2D eigenvalue weighted by Crippen LogP contribution is 2.24. The summed E-state index contributed by atoms with van der Waals surface area (Å²) >= 11 is 0. The molecule has 3 N–H and O–H groups in total. The van der Waals surface area contributed by atoms with E-state index in [0.29, 0.717) is 0 Å². The Morgan fingerprint density at radius 1 is 1.53 bits per heavy atom. The second kappa shape index (κ2) is 5.50. The van der Waals surface area contributed by atoms with Crippen LogP contribution in [0, 0.1) is 11.8 Å². The van der Waals surface area contributed by atoms with E-state index in [-0.39, 0.29) is 6.54 Å². The summed E-state index contributed by atoms with van der Waals surface area (Å²) in [6, 6.07) is -1.46. The van der Waals surface area contributed by atoms with Gasteiger partial charge in [0.15, 0.2) is 0 Å². The quantitative estimate of drug-likeness (QED) is 0.658. The van der Waals surface area contributed by atoms with Crippen LogP contribution in [0.2, 0.25) is 0 Å². The summed E-state index contributed by atoms with van der Waals surface area (Å²) in [7, 11) is 0. The summed E-state index contributed by atoms with van der Waals surface area (Å²) in [5.74, 6) is -8.97. The predicted octanol–water partition coefficient (Wildman–Crippen LogP) is -0.0168. The number of halogens is 2. The summed E-state index contributed by atoms with van der Waals surface area (Å²) in [5.41, 5.74) is 0. The first-order valence-electron chi connectivity index (χ1n) is 5.84. The molecule has 0 aliphatic carbocycles. The fraction of sp³-hybridized carbons (Fsp3) is 0.727. The molecule has 6 nitrogen and oxygen atoms in total. The van der Waals surface area contributed by atoms with Crippen LogP contribution in [0.25, 0.3) is 0 Å². The molecule has 0 aromatic heterocycles. The average molecular weight is 278 g/mol. The number of alkyl halides is 2. The maximum Gasteiger partial charge on any atom is 0.324 e. The molecular formula is C11H16F2N2O4. The number of amides is 2. The zero-order valence-corrected chi connectivity index (χ0v) is 10.6. The Balaban J connectivity index is 2.74. The molecule has 0 saturated carbocycles. The Hall–Kier alpha value is -1.73. The van der Waals surface area contributed by atoms with Crippen LogP contribution >= 0.6 is 0 Å². The van der Waals surface area contributed by atoms with Crippen molar-refractivity contribution in [3.8, 4) is 0 Å². The van der Waals surface area contributed by atoms with Gasteiger partial charge in [0.25, 0.3) is 5.91 Å². The summed E-state index contributed by atoms with van der Waals surface area (Å²) in [6.45, 7) is 2.88. The first-order valence-corrected chi connectivity index (χ1v) is 5.84. The van der Waals surface area contributed by atoms with E-state index in [1.165, 1.54) is 13.8 Å². The van der Waals surface area contributed by atoms with Gasteiger partial charge in [-0.2, -0.15) is 8.78 Å². The lowest BCUT2D eigenvalue weighted by Gasteiger charge is -2.21. The van der Waals surface area contributed by atoms with Gasteiger partial charge in [-0.05, 0) is 5.92 Å². The third-order valence-corrected chi connectivity index (χ3v) is 2.78. The highest BCUT2D eigenvalue weighted by atomic mass is 19.3. The number of carboxylic acid groups (broad SMARTS) is 1. The first-order chi connectivity index (χ1) is 8.65. The zero-order chi connectivity index (χ0) is 14.8. The fourth-order valence-corrected chi connectivity index (χ4v) is 1.87. The van der Waals surface area contributed by atoms with Crippen molar-refractivity contribution < 1.29 is 28.3 Å². The van der Waals surface area contributed by atoms with Crippen molar-refractivity contribution in [3.05, 3.63) is 0 Å². The second-order valence-corrected chi connectivity index (χ2v) is 4.94. The normalized spacial score (nSPS) is 23.3. The van der Waals surface area contributed by atoms with Crippen LogP contribution in [0.4, 0.5) is 8.78 Å². The molecule has 1 saturated heterocycles. The van der Waals surface area contributed by atoms with Crippen molar-refractivity contribution in [2.75, 3.05) is 6.54 Å². The summed E-state index contributed by atoms with van der Waals surface area (Å²) in [4.78, 5) is 33.6. The van der Waals surface area contributed by atoms with E-state index in [2.05, 4.69) is 5.32 Å². The lowest BCUT2D eigenvalue weighted by molar-refractivity contribution is -0.151. The second-order valence-electron chi connectivity index (χ2n) is 4.94. The van der Waals surface area contributed by atoms with Crippen molar-refractivity contribution in [1.82, 2.24) is 10.6 Å². The molecule has 1 aliphatic rings. The Labute approximate surface area is 108 Å². The van der Waals surface area contributed by atoms with E-state index in [4.69, 9.17) is 5.11 Å². The SMILES string of the molecule is CC(C)CC(F)(F)C(=O)N[C@H]1C(=O)NC[C@@H]1C(=O)O. The maximum absolute atomic E-state index is 13.5. The van der Waals surface area contributed by atoms with Crippen LogP contribution in [-0.2, 0) is 14.4 Å². The molecule has 0 bridgehead atoms. The molecule has 0 unspecified atom stereocenters. The number of carboxylic acids is 1. The number of hydrogen-bond donors (Lipinski definition) is 3. The third-order valence-electron chi connectivity index (χ3n) is 2.78. The molecule has 0 aromatic rings. The van der Waals surface area contributed by atoms with E-state index < -0.39 is 48.0 Å². The summed E-state index contributed by atoms with van der Waals surface area (Å²) < 4.78 is 27.0. The lowest BCUT2D eigenvalue weighted by atomic mass is 10.0. The summed E-state index contributed by atoms with van der Waals surface area (Å²) in [5, 5.41) is 12.9. The molecule has 0 radical (unpaired) electrons. The molecule has 1 fully saturated rings. The van der Waals surface area contributed by atoms with Gasteiger partial charge in [-0.3, -0.25) is 14.4 Å². The molecule has 2 amide bonds. The molecule has 19 heavy (non-hydrogen) atoms. The number of carbonyl (C=O) groups excluding carboxylic acids is 2. The molecule has 1 heterocycles. The molecule has 1 rings (SSSR count). The van der Waals surface area contributed by atoms with E-state index >= 15 is 0 Å². The average Bonchev–Trinajstić information content (AvgIpc) is 2.58. The minimum absolute atomic E-state index is 0.186. The van der Waals surface area contributed by atoms with Crippen LogP contribution in [0.15, 0.2) is 0 Å². The molecule has 108 valence electrons. The van der Waals surface area contributed by atoms with Crippen LogP contribution in [0.5, 0.6) is 0 Å². The van der Waals surface area contributed by atoms with Crippen molar-refractivity contribution in [2.24, 2.45) is 11.8 Å². The molecule has 0 aromatic carbocycles. The maximum atomic E-state index is 13.5. The van der Waals surface area contributed by atoms with Crippen LogP contribution in [-0.4, -0.2) is 41.4 Å². The van der Waals surface area contributed by atoms with E-state index in [1.54, 1.807) is 0 Å².